The topological polar surface area (TPSA) is 65.7 Å². The molecular weight excluding hydrogens is 290 g/mol. The molecule has 0 amide bonds. The Labute approximate surface area is 139 Å². The third kappa shape index (κ3) is 5.86. The highest BCUT2D eigenvalue weighted by Gasteiger charge is 2.16. The van der Waals surface area contributed by atoms with E-state index in [1.807, 2.05) is 13.8 Å². The highest BCUT2D eigenvalue weighted by Crippen LogP contribution is 2.18. The predicted molar refractivity (Wildman–Crippen MR) is 93.6 cm³/mol. The van der Waals surface area contributed by atoms with E-state index in [4.69, 9.17) is 4.42 Å². The lowest BCUT2D eigenvalue weighted by Crippen LogP contribution is -2.39. The summed E-state index contributed by atoms with van der Waals surface area (Å²) in [6, 6.07) is 0. The second-order valence-corrected chi connectivity index (χ2v) is 6.41. The largest absolute Gasteiger partial charge is 0.444 e. The van der Waals surface area contributed by atoms with Crippen molar-refractivity contribution >= 4 is 5.96 Å². The average Bonchev–Trinajstić information content (AvgIpc) is 2.85. The Kier molecular flexibility index (Phi) is 6.89. The van der Waals surface area contributed by atoms with Gasteiger partial charge in [0, 0.05) is 13.1 Å². The van der Waals surface area contributed by atoms with Gasteiger partial charge in [-0.15, -0.1) is 0 Å². The van der Waals surface area contributed by atoms with E-state index in [-0.39, 0.29) is 0 Å². The minimum Gasteiger partial charge on any atom is -0.444 e. The van der Waals surface area contributed by atoms with Crippen LogP contribution in [0.4, 0.5) is 0 Å². The van der Waals surface area contributed by atoms with E-state index >= 15 is 0 Å². The van der Waals surface area contributed by atoms with Gasteiger partial charge in [-0.05, 0) is 66.1 Å². The summed E-state index contributed by atoms with van der Waals surface area (Å²) in [5.74, 6) is 3.22. The lowest BCUT2D eigenvalue weighted by Gasteiger charge is -2.29. The van der Waals surface area contributed by atoms with Crippen LogP contribution < -0.4 is 10.6 Å². The molecule has 1 fully saturated rings. The van der Waals surface area contributed by atoms with E-state index < -0.39 is 0 Å². The van der Waals surface area contributed by atoms with E-state index in [0.29, 0.717) is 12.4 Å². The van der Waals surface area contributed by atoms with Crippen molar-refractivity contribution in [1.82, 2.24) is 20.5 Å². The third-order valence-corrected chi connectivity index (χ3v) is 4.47. The van der Waals surface area contributed by atoms with Gasteiger partial charge in [-0.2, -0.15) is 0 Å². The third-order valence-electron chi connectivity index (χ3n) is 4.47. The number of aryl methyl sites for hydroxylation is 2. The monoisotopic (exact) mass is 321 g/mol. The summed E-state index contributed by atoms with van der Waals surface area (Å²) in [5.41, 5.74) is 0.940. The molecule has 0 saturated carbocycles. The van der Waals surface area contributed by atoms with Crippen LogP contribution in [0.1, 0.15) is 43.5 Å². The van der Waals surface area contributed by atoms with Crippen molar-refractivity contribution in [3.63, 3.8) is 0 Å². The maximum absolute atomic E-state index is 5.57. The fourth-order valence-electron chi connectivity index (χ4n) is 2.84. The molecule has 0 radical (unpaired) electrons. The normalized spacial score (nSPS) is 17.5. The van der Waals surface area contributed by atoms with Crippen molar-refractivity contribution in [2.45, 2.75) is 46.6 Å². The standard InChI is InChI=1S/C17H31N5O/c1-5-18-17(20-12-16-21-13(2)14(3)23-16)19-9-6-15-7-10-22(4)11-8-15/h15H,5-12H2,1-4H3,(H2,18,19,20). The van der Waals surface area contributed by atoms with Gasteiger partial charge in [-0.1, -0.05) is 0 Å². The molecule has 2 rings (SSSR count). The lowest BCUT2D eigenvalue weighted by atomic mass is 9.94. The lowest BCUT2D eigenvalue weighted by molar-refractivity contribution is 0.213. The SMILES string of the molecule is CCNC(=NCc1nc(C)c(C)o1)NCCC1CCN(C)CC1. The Hall–Kier alpha value is -1.56. The van der Waals surface area contributed by atoms with E-state index in [2.05, 4.69) is 39.5 Å². The number of aromatic nitrogens is 1. The molecule has 6 heteroatoms. The van der Waals surface area contributed by atoms with Crippen LogP contribution in [0.15, 0.2) is 9.41 Å². The van der Waals surface area contributed by atoms with Gasteiger partial charge in [0.2, 0.25) is 5.89 Å². The van der Waals surface area contributed by atoms with E-state index in [1.54, 1.807) is 0 Å². The minimum absolute atomic E-state index is 0.470. The van der Waals surface area contributed by atoms with Crippen molar-refractivity contribution in [1.29, 1.82) is 0 Å². The van der Waals surface area contributed by atoms with Crippen LogP contribution in [-0.2, 0) is 6.54 Å². The first kappa shape index (κ1) is 17.8. The van der Waals surface area contributed by atoms with Crippen LogP contribution in [-0.4, -0.2) is 49.1 Å². The zero-order valence-corrected chi connectivity index (χ0v) is 15.0. The summed E-state index contributed by atoms with van der Waals surface area (Å²) in [6.45, 7) is 10.7. The Bertz CT molecular complexity index is 484. The second kappa shape index (κ2) is 8.91. The van der Waals surface area contributed by atoms with Crippen LogP contribution in [0.5, 0.6) is 0 Å². The minimum atomic E-state index is 0.470. The number of guanidine groups is 1. The van der Waals surface area contributed by atoms with Gasteiger partial charge >= 0.3 is 0 Å². The molecule has 130 valence electrons. The van der Waals surface area contributed by atoms with Crippen molar-refractivity contribution in [3.8, 4) is 0 Å². The average molecular weight is 321 g/mol. The van der Waals surface area contributed by atoms with Crippen LogP contribution in [0.3, 0.4) is 0 Å². The van der Waals surface area contributed by atoms with Crippen LogP contribution in [0.25, 0.3) is 0 Å². The number of aliphatic imine (C=N–C) groups is 1. The molecule has 6 nitrogen and oxygen atoms in total. The van der Waals surface area contributed by atoms with Crippen molar-refractivity contribution in [2.75, 3.05) is 33.2 Å². The summed E-state index contributed by atoms with van der Waals surface area (Å²) in [5, 5.41) is 6.71. The van der Waals surface area contributed by atoms with Gasteiger partial charge in [0.05, 0.1) is 5.69 Å². The summed E-state index contributed by atoms with van der Waals surface area (Å²) in [6.07, 6.45) is 3.82. The number of nitrogens with zero attached hydrogens (tertiary/aromatic N) is 3. The Morgan fingerprint density at radius 2 is 2.04 bits per heavy atom. The van der Waals surface area contributed by atoms with E-state index in [0.717, 1.165) is 36.4 Å². The van der Waals surface area contributed by atoms with Crippen LogP contribution >= 0.6 is 0 Å². The van der Waals surface area contributed by atoms with Crippen molar-refractivity contribution in [2.24, 2.45) is 10.9 Å². The maximum atomic E-state index is 5.57. The first-order valence-corrected chi connectivity index (χ1v) is 8.72. The van der Waals surface area contributed by atoms with Crippen molar-refractivity contribution in [3.05, 3.63) is 17.3 Å². The number of hydrogen-bond acceptors (Lipinski definition) is 4. The maximum Gasteiger partial charge on any atom is 0.216 e. The van der Waals surface area contributed by atoms with Crippen LogP contribution in [0, 0.1) is 19.8 Å². The molecule has 0 unspecified atom stereocenters. The number of rotatable bonds is 6. The number of piperidine rings is 1. The fraction of sp³-hybridized carbons (Fsp3) is 0.765. The first-order valence-electron chi connectivity index (χ1n) is 8.72. The van der Waals surface area contributed by atoms with Gasteiger partial charge in [-0.3, -0.25) is 0 Å². The molecule has 0 aliphatic carbocycles. The summed E-state index contributed by atoms with van der Waals surface area (Å²) in [4.78, 5) is 11.3. The number of hydrogen-bond donors (Lipinski definition) is 2. The highest BCUT2D eigenvalue weighted by atomic mass is 16.4. The van der Waals surface area contributed by atoms with Crippen LogP contribution in [0.2, 0.25) is 0 Å². The zero-order chi connectivity index (χ0) is 16.7. The van der Waals surface area contributed by atoms with Gasteiger partial charge in [0.25, 0.3) is 0 Å². The molecular formula is C17H31N5O. The quantitative estimate of drug-likeness (QED) is 0.620. The first-order chi connectivity index (χ1) is 11.1. The molecule has 2 heterocycles. The summed E-state index contributed by atoms with van der Waals surface area (Å²) in [7, 11) is 2.20. The van der Waals surface area contributed by atoms with E-state index in [9.17, 15) is 0 Å². The number of nitrogens with one attached hydrogen (secondary N) is 2. The number of likely N-dealkylation sites (tertiary alicyclic amines) is 1. The molecule has 1 saturated heterocycles. The molecule has 0 spiro atoms. The highest BCUT2D eigenvalue weighted by molar-refractivity contribution is 5.79. The molecule has 1 aromatic rings. The molecule has 2 N–H and O–H groups in total. The summed E-state index contributed by atoms with van der Waals surface area (Å²) < 4.78 is 5.57. The molecule has 1 aromatic heterocycles. The van der Waals surface area contributed by atoms with E-state index in [1.165, 1.54) is 32.4 Å². The number of oxazole rings is 1. The predicted octanol–water partition coefficient (Wildman–Crippen LogP) is 2.08. The summed E-state index contributed by atoms with van der Waals surface area (Å²) >= 11 is 0. The Morgan fingerprint density at radius 1 is 1.30 bits per heavy atom. The van der Waals surface area contributed by atoms with Gasteiger partial charge in [-0.25, -0.2) is 9.98 Å². The van der Waals surface area contributed by atoms with Gasteiger partial charge in [0.15, 0.2) is 5.96 Å². The van der Waals surface area contributed by atoms with Gasteiger partial charge in [0.1, 0.15) is 12.3 Å². The molecule has 1 aliphatic heterocycles. The molecule has 23 heavy (non-hydrogen) atoms. The zero-order valence-electron chi connectivity index (χ0n) is 15.0. The van der Waals surface area contributed by atoms with Crippen molar-refractivity contribution < 1.29 is 4.42 Å². The molecule has 0 aromatic carbocycles. The van der Waals surface area contributed by atoms with Gasteiger partial charge < -0.3 is 20.0 Å². The second-order valence-electron chi connectivity index (χ2n) is 6.41. The smallest absolute Gasteiger partial charge is 0.216 e. The Morgan fingerprint density at radius 3 is 2.65 bits per heavy atom. The Balaban J connectivity index is 1.77. The fourth-order valence-corrected chi connectivity index (χ4v) is 2.84. The molecule has 0 atom stereocenters. The molecule has 1 aliphatic rings. The molecule has 0 bridgehead atoms.